The van der Waals surface area contributed by atoms with Crippen molar-refractivity contribution in [2.24, 2.45) is 4.99 Å². The predicted octanol–water partition coefficient (Wildman–Crippen LogP) is 3.27. The predicted molar refractivity (Wildman–Crippen MR) is 106 cm³/mol. The number of aryl methyl sites for hydroxylation is 1. The second-order valence-electron chi connectivity index (χ2n) is 5.88. The zero-order valence-electron chi connectivity index (χ0n) is 15.3. The third-order valence-electron chi connectivity index (χ3n) is 4.01. The lowest BCUT2D eigenvalue weighted by Crippen LogP contribution is -2.16. The molecule has 0 atom stereocenters. The Balaban J connectivity index is 2.07. The summed E-state index contributed by atoms with van der Waals surface area (Å²) in [6, 6.07) is 11.6. The molecule has 1 amide bonds. The van der Waals surface area contributed by atoms with Crippen molar-refractivity contribution in [2.75, 3.05) is 12.9 Å². The first-order valence-electron chi connectivity index (χ1n) is 8.49. The average molecular weight is 405 g/mol. The molecule has 1 heterocycles. The number of para-hydroxylation sites is 1. The van der Waals surface area contributed by atoms with Crippen LogP contribution in [0.1, 0.15) is 24.2 Å². The van der Waals surface area contributed by atoms with Crippen LogP contribution in [0, 0.1) is 0 Å². The number of aromatic nitrogens is 1. The minimum absolute atomic E-state index is 0.172. The summed E-state index contributed by atoms with van der Waals surface area (Å²) >= 11 is 1.42. The molecule has 27 heavy (non-hydrogen) atoms. The zero-order chi connectivity index (χ0) is 19.6. The first-order valence-corrected chi connectivity index (χ1v) is 11.2. The molecule has 3 aromatic rings. The van der Waals surface area contributed by atoms with Crippen LogP contribution in [0.25, 0.3) is 10.2 Å². The number of carbonyl (C=O) groups is 1. The maximum Gasteiger partial charge on any atom is 0.279 e. The Bertz CT molecular complexity index is 1160. The molecule has 8 heteroatoms. The molecule has 0 aliphatic carbocycles. The van der Waals surface area contributed by atoms with E-state index in [4.69, 9.17) is 4.74 Å². The fraction of sp³-hybridized carbons (Fsp3) is 0.263. The van der Waals surface area contributed by atoms with Crippen LogP contribution in [0.15, 0.2) is 52.4 Å². The SMILES string of the molecule is CCOc1cccc2sc(=NC(=O)c3ccc(S(C)(=O)=O)cc3)n(CC)c12. The molecular weight excluding hydrogens is 384 g/mol. The van der Waals surface area contributed by atoms with Crippen LogP contribution in [0.2, 0.25) is 0 Å². The van der Waals surface area contributed by atoms with Crippen LogP contribution in [0.3, 0.4) is 0 Å². The third-order valence-corrected chi connectivity index (χ3v) is 6.18. The van der Waals surface area contributed by atoms with E-state index in [1.807, 2.05) is 36.6 Å². The van der Waals surface area contributed by atoms with Crippen LogP contribution in [0.4, 0.5) is 0 Å². The molecule has 1 aromatic heterocycles. The molecule has 0 spiro atoms. The van der Waals surface area contributed by atoms with Gasteiger partial charge >= 0.3 is 0 Å². The van der Waals surface area contributed by atoms with Crippen LogP contribution in [-0.4, -0.2) is 31.8 Å². The number of sulfone groups is 1. The lowest BCUT2D eigenvalue weighted by Gasteiger charge is -2.07. The van der Waals surface area contributed by atoms with Gasteiger partial charge in [0.05, 0.1) is 16.2 Å². The fourth-order valence-electron chi connectivity index (χ4n) is 2.74. The van der Waals surface area contributed by atoms with Gasteiger partial charge in [0.25, 0.3) is 5.91 Å². The number of rotatable bonds is 5. The largest absolute Gasteiger partial charge is 0.492 e. The quantitative estimate of drug-likeness (QED) is 0.654. The minimum atomic E-state index is -3.30. The van der Waals surface area contributed by atoms with Gasteiger partial charge < -0.3 is 9.30 Å². The van der Waals surface area contributed by atoms with Gasteiger partial charge in [0, 0.05) is 18.4 Å². The van der Waals surface area contributed by atoms with E-state index in [9.17, 15) is 13.2 Å². The molecule has 0 N–H and O–H groups in total. The number of ether oxygens (including phenoxy) is 1. The molecule has 0 radical (unpaired) electrons. The molecule has 3 rings (SSSR count). The van der Waals surface area contributed by atoms with E-state index in [0.717, 1.165) is 22.2 Å². The van der Waals surface area contributed by atoms with Gasteiger partial charge in [-0.1, -0.05) is 17.4 Å². The number of fused-ring (bicyclic) bond motifs is 1. The Labute approximate surface area is 161 Å². The highest BCUT2D eigenvalue weighted by molar-refractivity contribution is 7.90. The molecule has 0 aliphatic rings. The van der Waals surface area contributed by atoms with Crippen molar-refractivity contribution in [2.45, 2.75) is 25.3 Å². The number of thiazole rings is 1. The summed E-state index contributed by atoms with van der Waals surface area (Å²) in [7, 11) is -3.30. The highest BCUT2D eigenvalue weighted by Gasteiger charge is 2.13. The summed E-state index contributed by atoms with van der Waals surface area (Å²) in [5.41, 5.74) is 1.26. The van der Waals surface area contributed by atoms with Crippen molar-refractivity contribution in [3.63, 3.8) is 0 Å². The normalized spacial score (nSPS) is 12.5. The Morgan fingerprint density at radius 3 is 2.44 bits per heavy atom. The molecule has 0 saturated heterocycles. The summed E-state index contributed by atoms with van der Waals surface area (Å²) < 4.78 is 31.8. The van der Waals surface area contributed by atoms with Gasteiger partial charge in [-0.15, -0.1) is 0 Å². The molecule has 0 bridgehead atoms. The summed E-state index contributed by atoms with van der Waals surface area (Å²) in [5, 5.41) is 0. The van der Waals surface area contributed by atoms with Gasteiger partial charge in [0.15, 0.2) is 14.6 Å². The minimum Gasteiger partial charge on any atom is -0.492 e. The van der Waals surface area contributed by atoms with Gasteiger partial charge in [0.2, 0.25) is 0 Å². The lowest BCUT2D eigenvalue weighted by atomic mass is 10.2. The summed E-state index contributed by atoms with van der Waals surface area (Å²) in [6.45, 7) is 5.11. The maximum atomic E-state index is 12.6. The average Bonchev–Trinajstić information content (AvgIpc) is 2.99. The molecule has 0 aliphatic heterocycles. The number of hydrogen-bond donors (Lipinski definition) is 0. The lowest BCUT2D eigenvalue weighted by molar-refractivity contribution is 0.0997. The van der Waals surface area contributed by atoms with Crippen LogP contribution < -0.4 is 9.54 Å². The second kappa shape index (κ2) is 7.66. The van der Waals surface area contributed by atoms with Crippen molar-refractivity contribution in [1.82, 2.24) is 4.57 Å². The standard InChI is InChI=1S/C19H20N2O4S2/c1-4-21-17-15(25-5-2)7-6-8-16(17)26-19(21)20-18(22)13-9-11-14(12-10-13)27(3,23)24/h6-12H,4-5H2,1-3H3. The Morgan fingerprint density at radius 1 is 1.15 bits per heavy atom. The highest BCUT2D eigenvalue weighted by Crippen LogP contribution is 2.27. The number of carbonyl (C=O) groups excluding carboxylic acids is 1. The monoisotopic (exact) mass is 404 g/mol. The topological polar surface area (TPSA) is 77.7 Å². The molecular formula is C19H20N2O4S2. The molecule has 0 unspecified atom stereocenters. The van der Waals surface area contributed by atoms with Gasteiger partial charge in [-0.2, -0.15) is 4.99 Å². The van der Waals surface area contributed by atoms with Crippen molar-refractivity contribution in [1.29, 1.82) is 0 Å². The van der Waals surface area contributed by atoms with Crippen molar-refractivity contribution < 1.29 is 17.9 Å². The summed E-state index contributed by atoms with van der Waals surface area (Å²) in [6.07, 6.45) is 1.13. The van der Waals surface area contributed by atoms with E-state index < -0.39 is 15.7 Å². The van der Waals surface area contributed by atoms with Gasteiger partial charge in [-0.05, 0) is 50.2 Å². The molecule has 142 valence electrons. The van der Waals surface area contributed by atoms with E-state index in [1.165, 1.54) is 35.6 Å². The number of hydrogen-bond acceptors (Lipinski definition) is 5. The smallest absolute Gasteiger partial charge is 0.279 e. The van der Waals surface area contributed by atoms with E-state index in [0.29, 0.717) is 23.5 Å². The first kappa shape index (κ1) is 19.3. The van der Waals surface area contributed by atoms with E-state index >= 15 is 0 Å². The molecule has 6 nitrogen and oxygen atoms in total. The molecule has 2 aromatic carbocycles. The highest BCUT2D eigenvalue weighted by atomic mass is 32.2. The van der Waals surface area contributed by atoms with Crippen molar-refractivity contribution in [3.8, 4) is 5.75 Å². The van der Waals surface area contributed by atoms with Gasteiger partial charge in [-0.3, -0.25) is 4.79 Å². The van der Waals surface area contributed by atoms with Crippen LogP contribution >= 0.6 is 11.3 Å². The third kappa shape index (κ3) is 3.96. The van der Waals surface area contributed by atoms with Gasteiger partial charge in [-0.25, -0.2) is 8.42 Å². The van der Waals surface area contributed by atoms with Gasteiger partial charge in [0.1, 0.15) is 11.3 Å². The first-order chi connectivity index (χ1) is 12.8. The van der Waals surface area contributed by atoms with Crippen LogP contribution in [0.5, 0.6) is 5.75 Å². The second-order valence-corrected chi connectivity index (χ2v) is 8.90. The fourth-order valence-corrected chi connectivity index (χ4v) is 4.48. The number of amides is 1. The Hall–Kier alpha value is -2.45. The number of benzene rings is 2. The van der Waals surface area contributed by atoms with Crippen LogP contribution in [-0.2, 0) is 16.4 Å². The maximum absolute atomic E-state index is 12.6. The Kier molecular flexibility index (Phi) is 5.48. The molecule has 0 saturated carbocycles. The number of nitrogens with zero attached hydrogens (tertiary/aromatic N) is 2. The molecule has 0 fully saturated rings. The summed E-state index contributed by atoms with van der Waals surface area (Å²) in [5.74, 6) is 0.348. The van der Waals surface area contributed by atoms with Crippen molar-refractivity contribution >= 4 is 37.3 Å². The zero-order valence-corrected chi connectivity index (χ0v) is 16.9. The van der Waals surface area contributed by atoms with Crippen molar-refractivity contribution in [3.05, 3.63) is 52.8 Å². The Morgan fingerprint density at radius 2 is 1.85 bits per heavy atom. The summed E-state index contributed by atoms with van der Waals surface area (Å²) in [4.78, 5) is 17.6. The van der Waals surface area contributed by atoms with E-state index in [-0.39, 0.29) is 4.90 Å². The van der Waals surface area contributed by atoms with E-state index in [2.05, 4.69) is 4.99 Å². The van der Waals surface area contributed by atoms with E-state index in [1.54, 1.807) is 0 Å².